The molecular weight excluding hydrogens is 303 g/mol. The van der Waals surface area contributed by atoms with Crippen molar-refractivity contribution in [2.24, 2.45) is 0 Å². The van der Waals surface area contributed by atoms with Crippen molar-refractivity contribution in [2.75, 3.05) is 40.3 Å². The second kappa shape index (κ2) is 4.82. The number of hydrogen-bond acceptors (Lipinski definition) is 2. The van der Waals surface area contributed by atoms with Crippen LogP contribution in [0, 0.1) is 0 Å². The van der Waals surface area contributed by atoms with Gasteiger partial charge in [-0.15, -0.1) is 0 Å². The number of carbonyl (C=O) groups is 1. The summed E-state index contributed by atoms with van der Waals surface area (Å²) in [7, 11) is 4.54. The van der Waals surface area contributed by atoms with Gasteiger partial charge in [0.2, 0.25) is 0 Å². The molecule has 1 aliphatic heterocycles. The summed E-state index contributed by atoms with van der Waals surface area (Å²) < 4.78 is 1.11. The maximum Gasteiger partial charge on any atom is 0.157 e. The van der Waals surface area contributed by atoms with Crippen LogP contribution in [0.3, 0.4) is 0 Å². The Morgan fingerprint density at radius 3 is 2.27 bits per heavy atom. The molecule has 0 bridgehead atoms. The number of likely N-dealkylation sites (N-methyl/N-ethyl adjacent to an activating group) is 1. The fourth-order valence-electron chi connectivity index (χ4n) is 2.12. The lowest BCUT2D eigenvalue weighted by Gasteiger charge is -2.40. The summed E-state index contributed by atoms with van der Waals surface area (Å²) in [5.41, 5.74) is 1.27. The van der Waals surface area contributed by atoms with Gasteiger partial charge in [-0.05, 0) is 6.42 Å². The van der Waals surface area contributed by atoms with E-state index in [4.69, 9.17) is 0 Å². The zero-order chi connectivity index (χ0) is 10.2. The Kier molecular flexibility index (Phi) is 4.17. The van der Waals surface area contributed by atoms with Crippen LogP contribution in [0.1, 0.15) is 12.8 Å². The number of nitrogens with zero attached hydrogens (tertiary/aromatic N) is 2. The zero-order valence-electron chi connectivity index (χ0n) is 9.50. The van der Waals surface area contributed by atoms with Crippen molar-refractivity contribution in [3.63, 3.8) is 0 Å². The second-order valence-electron chi connectivity index (χ2n) is 4.97. The molecule has 4 heteroatoms. The first-order chi connectivity index (χ1) is 6.57. The van der Waals surface area contributed by atoms with Gasteiger partial charge in [0, 0.05) is 18.2 Å². The molecule has 1 fully saturated rings. The van der Waals surface area contributed by atoms with Gasteiger partial charge >= 0.3 is 0 Å². The van der Waals surface area contributed by atoms with E-state index in [-0.39, 0.29) is 24.0 Å². The fraction of sp³-hybridized carbons (Fsp3) is 0.727. The molecule has 2 aliphatic rings. The van der Waals surface area contributed by atoms with Gasteiger partial charge in [0.1, 0.15) is 0 Å². The van der Waals surface area contributed by atoms with Gasteiger partial charge in [-0.3, -0.25) is 4.79 Å². The smallest absolute Gasteiger partial charge is 0.157 e. The van der Waals surface area contributed by atoms with Crippen molar-refractivity contribution in [3.8, 4) is 0 Å². The van der Waals surface area contributed by atoms with E-state index in [0.29, 0.717) is 5.78 Å². The topological polar surface area (TPSA) is 20.3 Å². The fourth-order valence-corrected chi connectivity index (χ4v) is 2.12. The molecule has 0 atom stereocenters. The van der Waals surface area contributed by atoms with Crippen LogP contribution < -0.4 is 24.0 Å². The summed E-state index contributed by atoms with van der Waals surface area (Å²) in [5.74, 6) is 0.305. The molecule has 1 aliphatic carbocycles. The Hall–Kier alpha value is -0.100. The third kappa shape index (κ3) is 3.17. The number of carbonyl (C=O) groups excluding carboxylic acids is 1. The lowest BCUT2D eigenvalue weighted by Crippen LogP contribution is -3.00. The number of halogens is 1. The lowest BCUT2D eigenvalue weighted by atomic mass is 10.2. The Balaban J connectivity index is 0.00000112. The summed E-state index contributed by atoms with van der Waals surface area (Å²) in [6.45, 7) is 4.58. The molecule has 0 aromatic rings. The molecule has 3 nitrogen and oxygen atoms in total. The minimum absolute atomic E-state index is 0. The van der Waals surface area contributed by atoms with Crippen LogP contribution in [-0.4, -0.2) is 55.4 Å². The van der Waals surface area contributed by atoms with Gasteiger partial charge in [-0.2, -0.15) is 0 Å². The third-order valence-corrected chi connectivity index (χ3v) is 3.31. The molecule has 0 radical (unpaired) electrons. The summed E-state index contributed by atoms with van der Waals surface area (Å²) >= 11 is 0. The molecule has 0 saturated carbocycles. The number of hydrogen-bond donors (Lipinski definition) is 0. The second-order valence-corrected chi connectivity index (χ2v) is 4.97. The van der Waals surface area contributed by atoms with Crippen molar-refractivity contribution in [3.05, 3.63) is 11.8 Å². The van der Waals surface area contributed by atoms with Crippen LogP contribution in [0.5, 0.6) is 0 Å². The van der Waals surface area contributed by atoms with E-state index in [1.165, 1.54) is 18.8 Å². The largest absolute Gasteiger partial charge is 1.00 e. The predicted octanol–water partition coefficient (Wildman–Crippen LogP) is -2.37. The number of ketones is 1. The molecule has 15 heavy (non-hydrogen) atoms. The predicted molar refractivity (Wildman–Crippen MR) is 55.7 cm³/mol. The first-order valence-electron chi connectivity index (χ1n) is 5.37. The maximum absolute atomic E-state index is 11.1. The number of piperazine rings is 1. The van der Waals surface area contributed by atoms with Crippen molar-refractivity contribution in [2.45, 2.75) is 12.8 Å². The van der Waals surface area contributed by atoms with Gasteiger partial charge in [-0.25, -0.2) is 0 Å². The van der Waals surface area contributed by atoms with E-state index in [1.54, 1.807) is 0 Å². The molecule has 0 N–H and O–H groups in total. The van der Waals surface area contributed by atoms with Crippen molar-refractivity contribution >= 4 is 5.78 Å². The molecule has 86 valence electrons. The quantitative estimate of drug-likeness (QED) is 0.397. The van der Waals surface area contributed by atoms with E-state index in [2.05, 4.69) is 19.0 Å². The number of allylic oxidation sites excluding steroid dienone is 2. The molecule has 1 heterocycles. The molecule has 0 aromatic carbocycles. The summed E-state index contributed by atoms with van der Waals surface area (Å²) in [5, 5.41) is 0. The average molecular weight is 322 g/mol. The van der Waals surface area contributed by atoms with Crippen LogP contribution >= 0.6 is 0 Å². The molecule has 0 amide bonds. The first-order valence-corrected chi connectivity index (χ1v) is 5.37. The molecule has 0 unspecified atom stereocenters. The van der Waals surface area contributed by atoms with Gasteiger partial charge in [0.15, 0.2) is 5.78 Å². The summed E-state index contributed by atoms with van der Waals surface area (Å²) in [4.78, 5) is 13.5. The average Bonchev–Trinajstić information content (AvgIpc) is 2.52. The van der Waals surface area contributed by atoms with Gasteiger partial charge in [0.25, 0.3) is 0 Å². The molecule has 1 saturated heterocycles. The van der Waals surface area contributed by atoms with Crippen molar-refractivity contribution in [1.82, 2.24) is 4.90 Å². The van der Waals surface area contributed by atoms with E-state index in [9.17, 15) is 4.79 Å². The number of rotatable bonds is 1. The molecule has 2 rings (SSSR count). The number of quaternary nitrogens is 1. The minimum atomic E-state index is 0. The highest BCUT2D eigenvalue weighted by Gasteiger charge is 2.27. The van der Waals surface area contributed by atoms with Crippen LogP contribution in [0.4, 0.5) is 0 Å². The minimum Gasteiger partial charge on any atom is -1.00 e. The van der Waals surface area contributed by atoms with E-state index in [0.717, 1.165) is 30.4 Å². The zero-order valence-corrected chi connectivity index (χ0v) is 11.7. The van der Waals surface area contributed by atoms with Crippen molar-refractivity contribution in [1.29, 1.82) is 0 Å². The van der Waals surface area contributed by atoms with Crippen LogP contribution in [-0.2, 0) is 4.79 Å². The maximum atomic E-state index is 11.1. The normalized spacial score (nSPS) is 24.8. The van der Waals surface area contributed by atoms with E-state index >= 15 is 0 Å². The molecule has 0 spiro atoms. The highest BCUT2D eigenvalue weighted by molar-refractivity contribution is 5.92. The van der Waals surface area contributed by atoms with E-state index < -0.39 is 0 Å². The monoisotopic (exact) mass is 322 g/mol. The highest BCUT2D eigenvalue weighted by atomic mass is 127. The van der Waals surface area contributed by atoms with Crippen LogP contribution in [0.15, 0.2) is 11.8 Å². The van der Waals surface area contributed by atoms with Crippen LogP contribution in [0.2, 0.25) is 0 Å². The first kappa shape index (κ1) is 13.0. The third-order valence-electron chi connectivity index (χ3n) is 3.31. The molecule has 0 aromatic heterocycles. The van der Waals surface area contributed by atoms with E-state index in [1.807, 2.05) is 6.08 Å². The Labute approximate surface area is 109 Å². The van der Waals surface area contributed by atoms with Gasteiger partial charge in [0.05, 0.1) is 40.3 Å². The highest BCUT2D eigenvalue weighted by Crippen LogP contribution is 2.21. The summed E-state index contributed by atoms with van der Waals surface area (Å²) in [6.07, 6.45) is 3.53. The lowest BCUT2D eigenvalue weighted by molar-refractivity contribution is -0.894. The Bertz CT molecular complexity index is 276. The van der Waals surface area contributed by atoms with Gasteiger partial charge < -0.3 is 33.4 Å². The van der Waals surface area contributed by atoms with Gasteiger partial charge in [-0.1, -0.05) is 0 Å². The Morgan fingerprint density at radius 2 is 1.80 bits per heavy atom. The SMILES string of the molecule is C[N+]1(C)CCN(C2=CC(=O)CC2)CC1.[I-]. The standard InChI is InChI=1S/C11H19N2O.HI/c1-13(2)7-5-12(6-8-13)10-3-4-11(14)9-10;/h9H,3-8H2,1-2H3;1H/q+1;/p-1. The Morgan fingerprint density at radius 1 is 1.20 bits per heavy atom. The van der Waals surface area contributed by atoms with Crippen LogP contribution in [0.25, 0.3) is 0 Å². The molecular formula is C11H19IN2O. The van der Waals surface area contributed by atoms with Crippen molar-refractivity contribution < 1.29 is 33.3 Å². The summed E-state index contributed by atoms with van der Waals surface area (Å²) in [6, 6.07) is 0.